The number of para-hydroxylation sites is 4. The summed E-state index contributed by atoms with van der Waals surface area (Å²) in [5, 5.41) is 9.92. The molecule has 15 rings (SSSR count). The Morgan fingerprint density at radius 3 is 0.845 bits per heavy atom. The van der Waals surface area contributed by atoms with E-state index < -0.39 is 0 Å². The van der Waals surface area contributed by atoms with Gasteiger partial charge in [0.05, 0.1) is 11.4 Å². The lowest BCUT2D eigenvalue weighted by molar-refractivity contribution is 1.28. The Bertz CT molecular complexity index is 4550. The van der Waals surface area contributed by atoms with Crippen LogP contribution in [0.4, 0.5) is 34.1 Å². The Balaban J connectivity index is 0.863. The molecule has 0 saturated heterocycles. The first kappa shape index (κ1) is 49.9. The second-order valence-electron chi connectivity index (χ2n) is 21.5. The zero-order valence-corrected chi connectivity index (χ0v) is 46.2. The van der Waals surface area contributed by atoms with Crippen LogP contribution in [-0.2, 0) is 0 Å². The fourth-order valence-electron chi connectivity index (χ4n) is 12.8. The lowest BCUT2D eigenvalue weighted by atomic mass is 9.81. The highest BCUT2D eigenvalue weighted by molar-refractivity contribution is 6.36. The van der Waals surface area contributed by atoms with E-state index in [1.165, 1.54) is 87.6 Å². The molecule has 0 spiro atoms. The predicted molar refractivity (Wildman–Crippen MR) is 358 cm³/mol. The molecule has 0 aliphatic heterocycles. The summed E-state index contributed by atoms with van der Waals surface area (Å²) < 4.78 is 0. The van der Waals surface area contributed by atoms with Gasteiger partial charge in [-0.2, -0.15) is 0 Å². The van der Waals surface area contributed by atoms with Crippen LogP contribution in [0.2, 0.25) is 0 Å². The molecule has 0 atom stereocenters. The van der Waals surface area contributed by atoms with Crippen molar-refractivity contribution in [2.75, 3.05) is 9.80 Å². The van der Waals surface area contributed by atoms with Crippen molar-refractivity contribution in [1.82, 2.24) is 0 Å². The van der Waals surface area contributed by atoms with Gasteiger partial charge in [0, 0.05) is 33.9 Å². The third-order valence-electron chi connectivity index (χ3n) is 16.6. The molecule has 0 amide bonds. The van der Waals surface area contributed by atoms with Crippen LogP contribution in [0.15, 0.2) is 340 Å². The highest BCUT2D eigenvalue weighted by Gasteiger charge is 2.24. The van der Waals surface area contributed by atoms with Crippen molar-refractivity contribution in [3.05, 3.63) is 340 Å². The van der Waals surface area contributed by atoms with Gasteiger partial charge in [-0.05, 0) is 172 Å². The predicted octanol–water partition coefficient (Wildman–Crippen LogP) is 23.2. The quantitative estimate of drug-likeness (QED) is 0.0889. The number of anilines is 6. The molecule has 2 heteroatoms. The Morgan fingerprint density at radius 1 is 0.167 bits per heavy atom. The van der Waals surface area contributed by atoms with Gasteiger partial charge in [-0.15, -0.1) is 0 Å². The first-order valence-corrected chi connectivity index (χ1v) is 28.9. The minimum Gasteiger partial charge on any atom is -0.310 e. The molecule has 84 heavy (non-hydrogen) atoms. The van der Waals surface area contributed by atoms with Gasteiger partial charge in [0.2, 0.25) is 0 Å². The topological polar surface area (TPSA) is 6.48 Å². The molecule has 0 bridgehead atoms. The van der Waals surface area contributed by atoms with Gasteiger partial charge in [-0.25, -0.2) is 0 Å². The molecule has 0 fully saturated rings. The van der Waals surface area contributed by atoms with Gasteiger partial charge in [0.15, 0.2) is 0 Å². The number of hydrogen-bond donors (Lipinski definition) is 0. The molecule has 0 aliphatic carbocycles. The van der Waals surface area contributed by atoms with E-state index in [1.807, 2.05) is 0 Å². The second-order valence-corrected chi connectivity index (χ2v) is 21.5. The fourth-order valence-corrected chi connectivity index (χ4v) is 12.8. The van der Waals surface area contributed by atoms with Crippen molar-refractivity contribution in [2.45, 2.75) is 0 Å². The Hall–Kier alpha value is -11.1. The Morgan fingerprint density at radius 2 is 0.452 bits per heavy atom. The summed E-state index contributed by atoms with van der Waals surface area (Å²) in [7, 11) is 0. The SMILES string of the molecule is c1ccc(-c2ccccc2N(c2ccccc2)c2ccc(-c3cccc(-c4c5ccccc5c(-c5cccc(-c6ccc(N(c7ccccc7)c7ccccc7-c7ccccc7)cc6)c5)c5c6ccccc6c6ccccc6c45)c3)cc2)cc1. The minimum atomic E-state index is 1.09. The summed E-state index contributed by atoms with van der Waals surface area (Å²) in [5.41, 5.74) is 20.8. The van der Waals surface area contributed by atoms with Crippen molar-refractivity contribution < 1.29 is 0 Å². The molecule has 15 aromatic carbocycles. The van der Waals surface area contributed by atoms with Crippen molar-refractivity contribution in [2.24, 2.45) is 0 Å². The molecule has 0 aromatic heterocycles. The van der Waals surface area contributed by atoms with Gasteiger partial charge < -0.3 is 9.80 Å². The van der Waals surface area contributed by atoms with Gasteiger partial charge in [-0.1, -0.05) is 267 Å². The third kappa shape index (κ3) is 9.04. The minimum absolute atomic E-state index is 1.09. The zero-order chi connectivity index (χ0) is 55.8. The molecule has 2 nitrogen and oxygen atoms in total. The first-order valence-electron chi connectivity index (χ1n) is 28.9. The van der Waals surface area contributed by atoms with Crippen LogP contribution in [-0.4, -0.2) is 0 Å². The molecule has 0 N–H and O–H groups in total. The average Bonchev–Trinajstić information content (AvgIpc) is 0.829. The van der Waals surface area contributed by atoms with Crippen LogP contribution in [0.3, 0.4) is 0 Å². The smallest absolute Gasteiger partial charge is 0.0540 e. The summed E-state index contributed by atoms with van der Waals surface area (Å²) in [6.45, 7) is 0. The van der Waals surface area contributed by atoms with E-state index in [-0.39, 0.29) is 0 Å². The summed E-state index contributed by atoms with van der Waals surface area (Å²) in [6, 6.07) is 124. The monoisotopic (exact) mass is 1070 g/mol. The number of benzene rings is 15. The lowest BCUT2D eigenvalue weighted by Gasteiger charge is -2.28. The fraction of sp³-hybridized carbons (Fsp3) is 0. The summed E-state index contributed by atoms with van der Waals surface area (Å²) in [6.07, 6.45) is 0. The molecule has 15 aromatic rings. The maximum Gasteiger partial charge on any atom is 0.0540 e. The lowest BCUT2D eigenvalue weighted by Crippen LogP contribution is -2.11. The van der Waals surface area contributed by atoms with Crippen LogP contribution in [0.1, 0.15) is 0 Å². The average molecular weight is 1070 g/mol. The number of fused-ring (bicyclic) bond motifs is 7. The highest BCUT2D eigenvalue weighted by atomic mass is 15.1. The third-order valence-corrected chi connectivity index (χ3v) is 16.6. The zero-order valence-electron chi connectivity index (χ0n) is 46.2. The Kier molecular flexibility index (Phi) is 12.9. The van der Waals surface area contributed by atoms with E-state index in [1.54, 1.807) is 0 Å². The number of rotatable bonds is 12. The van der Waals surface area contributed by atoms with E-state index in [9.17, 15) is 0 Å². The summed E-state index contributed by atoms with van der Waals surface area (Å²) in [4.78, 5) is 4.74. The van der Waals surface area contributed by atoms with Crippen LogP contribution in [0.25, 0.3) is 110 Å². The van der Waals surface area contributed by atoms with Gasteiger partial charge in [0.1, 0.15) is 0 Å². The molecule has 394 valence electrons. The van der Waals surface area contributed by atoms with Gasteiger partial charge >= 0.3 is 0 Å². The van der Waals surface area contributed by atoms with Crippen molar-refractivity contribution in [3.8, 4) is 66.8 Å². The standard InChI is InChI=1S/C82H56N2/c1-5-25-59(26-6-1)69-37-19-21-45-77(69)83(65-33-9-3-10-34-65)67-51-47-57(48-52-67)61-29-23-31-63(55-61)79-75-43-17-18-44-76(75)80(82-74-42-16-14-40-72(74)71-39-13-15-41-73(71)81(79)82)64-32-24-30-62(56-64)58-49-53-68(54-50-58)84(66-35-11-4-12-36-66)78-46-22-20-38-70(78)60-27-7-2-8-28-60/h1-56H. The van der Waals surface area contributed by atoms with E-state index in [4.69, 9.17) is 0 Å². The molecule has 0 saturated carbocycles. The largest absolute Gasteiger partial charge is 0.310 e. The molecular weight excluding hydrogens is 1010 g/mol. The van der Waals surface area contributed by atoms with Crippen molar-refractivity contribution >= 4 is 77.2 Å². The van der Waals surface area contributed by atoms with E-state index in [0.29, 0.717) is 0 Å². The van der Waals surface area contributed by atoms with Gasteiger partial charge in [-0.3, -0.25) is 0 Å². The van der Waals surface area contributed by atoms with Crippen LogP contribution >= 0.6 is 0 Å². The molecule has 0 radical (unpaired) electrons. The highest BCUT2D eigenvalue weighted by Crippen LogP contribution is 2.51. The van der Waals surface area contributed by atoms with Gasteiger partial charge in [0.25, 0.3) is 0 Å². The number of nitrogens with zero attached hydrogens (tertiary/aromatic N) is 2. The van der Waals surface area contributed by atoms with E-state index in [2.05, 4.69) is 350 Å². The Labute approximate surface area is 490 Å². The summed E-state index contributed by atoms with van der Waals surface area (Å²) >= 11 is 0. The molecule has 0 unspecified atom stereocenters. The maximum absolute atomic E-state index is 2.41. The van der Waals surface area contributed by atoms with Crippen molar-refractivity contribution in [3.63, 3.8) is 0 Å². The van der Waals surface area contributed by atoms with Crippen LogP contribution in [0, 0.1) is 0 Å². The molecular formula is C82H56N2. The number of hydrogen-bond acceptors (Lipinski definition) is 2. The molecule has 0 heterocycles. The normalized spacial score (nSPS) is 11.3. The van der Waals surface area contributed by atoms with Crippen LogP contribution < -0.4 is 9.80 Å². The summed E-state index contributed by atoms with van der Waals surface area (Å²) in [5.74, 6) is 0. The van der Waals surface area contributed by atoms with Crippen molar-refractivity contribution in [1.29, 1.82) is 0 Å². The maximum atomic E-state index is 2.41. The van der Waals surface area contributed by atoms with Crippen LogP contribution in [0.5, 0.6) is 0 Å². The first-order chi connectivity index (χ1) is 41.7. The van der Waals surface area contributed by atoms with E-state index >= 15 is 0 Å². The van der Waals surface area contributed by atoms with E-state index in [0.717, 1.165) is 56.4 Å². The second kappa shape index (κ2) is 21.8. The molecule has 0 aliphatic rings.